The van der Waals surface area contributed by atoms with Gasteiger partial charge in [0, 0.05) is 0 Å². The second kappa shape index (κ2) is 12.4. The van der Waals surface area contributed by atoms with Crippen molar-refractivity contribution in [2.75, 3.05) is 0 Å². The van der Waals surface area contributed by atoms with E-state index in [1.54, 1.807) is 13.0 Å². The fourth-order valence-corrected chi connectivity index (χ4v) is 17.4. The number of allylic oxidation sites excluding steroid dienone is 2. The van der Waals surface area contributed by atoms with Crippen molar-refractivity contribution in [3.05, 3.63) is 44.1 Å². The molecule has 1 rings (SSSR count). The van der Waals surface area contributed by atoms with Gasteiger partial charge in [-0.2, -0.15) is 0 Å². The molecule has 146 valence electrons. The van der Waals surface area contributed by atoms with Crippen molar-refractivity contribution in [1.82, 2.24) is 0 Å². The van der Waals surface area contributed by atoms with Gasteiger partial charge in [-0.15, -0.1) is 0 Å². The van der Waals surface area contributed by atoms with Crippen LogP contribution >= 0.6 is 0 Å². The first kappa shape index (κ1) is 23.1. The summed E-state index contributed by atoms with van der Waals surface area (Å²) in [6.45, 7) is 8.41. The molecule has 0 aliphatic carbocycles. The molecule has 26 heavy (non-hydrogen) atoms. The van der Waals surface area contributed by atoms with Gasteiger partial charge in [-0.1, -0.05) is 0 Å². The fourth-order valence-electron chi connectivity index (χ4n) is 3.26. The van der Waals surface area contributed by atoms with E-state index in [0.717, 1.165) is 0 Å². The number of hydrogen-bond donors (Lipinski definition) is 1. The summed E-state index contributed by atoms with van der Waals surface area (Å²) in [5, 5.41) is 9.76. The van der Waals surface area contributed by atoms with Crippen LogP contribution in [0.15, 0.2) is 31.5 Å². The van der Waals surface area contributed by atoms with E-state index in [9.17, 15) is 9.90 Å². The van der Waals surface area contributed by atoms with Gasteiger partial charge in [0.05, 0.1) is 0 Å². The minimum atomic E-state index is -2.25. The normalized spacial score (nSPS) is 12.5. The third-order valence-corrected chi connectivity index (χ3v) is 19.2. The summed E-state index contributed by atoms with van der Waals surface area (Å²) in [4.78, 5) is 11.6. The van der Waals surface area contributed by atoms with Crippen molar-refractivity contribution in [1.29, 1.82) is 0 Å². The summed E-state index contributed by atoms with van der Waals surface area (Å²) in [7, 11) is 0. The van der Waals surface area contributed by atoms with E-state index >= 15 is 0 Å². The Labute approximate surface area is 163 Å². The molecule has 0 spiro atoms. The molecule has 0 bridgehead atoms. The summed E-state index contributed by atoms with van der Waals surface area (Å²) >= 11 is -2.25. The zero-order chi connectivity index (χ0) is 19.4. The first-order chi connectivity index (χ1) is 12.5. The average Bonchev–Trinajstić information content (AvgIpc) is 2.64. The van der Waals surface area contributed by atoms with E-state index in [1.165, 1.54) is 57.9 Å². The Morgan fingerprint density at radius 2 is 1.54 bits per heavy atom. The molecule has 1 aromatic heterocycles. The van der Waals surface area contributed by atoms with Crippen LogP contribution in [-0.2, 0) is 0 Å². The third kappa shape index (κ3) is 7.73. The molecule has 0 amide bonds. The Morgan fingerprint density at radius 3 is 2.00 bits per heavy atom. The van der Waals surface area contributed by atoms with Crippen LogP contribution < -0.4 is 5.63 Å². The molecule has 0 aliphatic rings. The summed E-state index contributed by atoms with van der Waals surface area (Å²) in [6.07, 6.45) is 13.8. The van der Waals surface area contributed by atoms with Gasteiger partial charge in [-0.25, -0.2) is 0 Å². The molecule has 3 nitrogen and oxygen atoms in total. The van der Waals surface area contributed by atoms with Crippen LogP contribution in [0.3, 0.4) is 0 Å². The van der Waals surface area contributed by atoms with Crippen LogP contribution in [0.5, 0.6) is 5.75 Å². The molecule has 1 aromatic rings. The number of unbranched alkanes of at least 4 members (excludes halogenated alkanes) is 3. The monoisotopic (exact) mass is 468 g/mol. The molecule has 0 aliphatic heterocycles. The molecule has 1 heterocycles. The van der Waals surface area contributed by atoms with Crippen LogP contribution in [-0.4, -0.2) is 23.5 Å². The zero-order valence-corrected chi connectivity index (χ0v) is 19.9. The number of hydrogen-bond acceptors (Lipinski definition) is 3. The predicted octanol–water partition coefficient (Wildman–Crippen LogP) is 6.61. The van der Waals surface area contributed by atoms with Gasteiger partial charge in [-0.05, 0) is 0 Å². The van der Waals surface area contributed by atoms with Crippen molar-refractivity contribution in [3.8, 4) is 5.75 Å². The van der Waals surface area contributed by atoms with E-state index in [2.05, 4.69) is 30.9 Å². The third-order valence-electron chi connectivity index (χ3n) is 5.09. The fraction of sp³-hybridized carbons (Fsp3) is 0.591. The molecule has 0 atom stereocenters. The van der Waals surface area contributed by atoms with E-state index < -0.39 is 24.0 Å². The van der Waals surface area contributed by atoms with Gasteiger partial charge in [0.1, 0.15) is 0 Å². The summed E-state index contributed by atoms with van der Waals surface area (Å²) < 4.78 is 12.1. The topological polar surface area (TPSA) is 50.4 Å². The van der Waals surface area contributed by atoms with Crippen molar-refractivity contribution < 1.29 is 9.52 Å². The Bertz CT molecular complexity index is 622. The Morgan fingerprint density at radius 1 is 1.00 bits per heavy atom. The molecule has 0 radical (unpaired) electrons. The molecular formula is C22H36O3Sn. The van der Waals surface area contributed by atoms with E-state index in [-0.39, 0.29) is 11.3 Å². The Balaban J connectivity index is 2.94. The zero-order valence-electron chi connectivity index (χ0n) is 17.0. The second-order valence-corrected chi connectivity index (χ2v) is 20.3. The SMILES string of the molecule is CCC[CH2][Sn](/[CH]=C/C=C/c1cc(O)c(C)c(=O)o1)([CH2]CCC)[CH2]CCC. The first-order valence-electron chi connectivity index (χ1n) is 10.2. The second-order valence-electron chi connectivity index (χ2n) is 7.34. The molecule has 4 heteroatoms. The van der Waals surface area contributed by atoms with Crippen LogP contribution in [0.4, 0.5) is 0 Å². The predicted molar refractivity (Wildman–Crippen MR) is 114 cm³/mol. The van der Waals surface area contributed by atoms with Gasteiger partial charge in [0.25, 0.3) is 0 Å². The number of aromatic hydroxyl groups is 1. The molecule has 0 saturated heterocycles. The van der Waals surface area contributed by atoms with Crippen molar-refractivity contribution in [3.63, 3.8) is 0 Å². The van der Waals surface area contributed by atoms with Gasteiger partial charge >= 0.3 is 163 Å². The maximum absolute atomic E-state index is 11.6. The van der Waals surface area contributed by atoms with E-state index in [1.807, 2.05) is 6.08 Å². The van der Waals surface area contributed by atoms with Crippen LogP contribution in [0.2, 0.25) is 13.3 Å². The van der Waals surface area contributed by atoms with Crippen LogP contribution in [0.25, 0.3) is 6.08 Å². The van der Waals surface area contributed by atoms with Gasteiger partial charge in [0.2, 0.25) is 0 Å². The molecule has 0 aromatic carbocycles. The summed E-state index contributed by atoms with van der Waals surface area (Å²) in [5.41, 5.74) is -0.220. The maximum atomic E-state index is 11.6. The summed E-state index contributed by atoms with van der Waals surface area (Å²) in [6, 6.07) is 1.50. The van der Waals surface area contributed by atoms with Gasteiger partial charge in [-0.3, -0.25) is 0 Å². The van der Waals surface area contributed by atoms with Gasteiger partial charge < -0.3 is 0 Å². The average molecular weight is 467 g/mol. The Hall–Kier alpha value is -0.971. The van der Waals surface area contributed by atoms with Crippen molar-refractivity contribution >= 4 is 24.5 Å². The first-order valence-corrected chi connectivity index (χ1v) is 17.9. The van der Waals surface area contributed by atoms with Crippen LogP contribution in [0.1, 0.15) is 70.6 Å². The molecule has 0 unspecified atom stereocenters. The quantitative estimate of drug-likeness (QED) is 0.278. The molecular weight excluding hydrogens is 431 g/mol. The molecule has 1 N–H and O–H groups in total. The molecule has 0 fully saturated rings. The number of rotatable bonds is 12. The summed E-state index contributed by atoms with van der Waals surface area (Å²) in [5.74, 6) is 0.395. The van der Waals surface area contributed by atoms with Crippen molar-refractivity contribution in [2.45, 2.75) is 79.5 Å². The van der Waals surface area contributed by atoms with Gasteiger partial charge in [0.15, 0.2) is 0 Å². The van der Waals surface area contributed by atoms with E-state index in [0.29, 0.717) is 5.76 Å². The Kier molecular flexibility index (Phi) is 11.0. The van der Waals surface area contributed by atoms with Crippen LogP contribution in [0, 0.1) is 6.92 Å². The van der Waals surface area contributed by atoms with Crippen molar-refractivity contribution in [2.24, 2.45) is 0 Å². The standard InChI is InChI=1S/C10H9O3.3C4H9.Sn/c1-3-4-5-8-6-9(11)7(2)10(12)13-8;3*1-3-4-2;/h1,3-6,11H,2H3;3*1,3-4H2,2H3;/b3-1?,5-4+;;;;. The molecule has 0 saturated carbocycles. The minimum absolute atomic E-state index is 0.00719. The van der Waals surface area contributed by atoms with E-state index in [4.69, 9.17) is 4.42 Å².